The molecule has 1 N–H and O–H groups in total. The van der Waals surface area contributed by atoms with Crippen LogP contribution in [-0.4, -0.2) is 42.7 Å². The lowest BCUT2D eigenvalue weighted by Crippen LogP contribution is -2.44. The van der Waals surface area contributed by atoms with Gasteiger partial charge in [-0.15, -0.1) is 13.2 Å². The van der Waals surface area contributed by atoms with Crippen LogP contribution in [0.25, 0.3) is 0 Å². The zero-order valence-corrected chi connectivity index (χ0v) is 17.2. The van der Waals surface area contributed by atoms with Gasteiger partial charge in [-0.2, -0.15) is 0 Å². The van der Waals surface area contributed by atoms with E-state index in [-0.39, 0.29) is 6.42 Å². The lowest BCUT2D eigenvalue weighted by molar-refractivity contribution is -0.144. The van der Waals surface area contributed by atoms with Crippen LogP contribution in [0, 0.1) is 0 Å². The quantitative estimate of drug-likeness (QED) is 0.261. The Bertz CT molecular complexity index is 735. The average Bonchev–Trinajstić information content (AvgIpc) is 2.64. The van der Waals surface area contributed by atoms with E-state index in [9.17, 15) is 14.4 Å². The minimum Gasteiger partial charge on any atom is -0.493 e. The Hall–Kier alpha value is -3.09. The van der Waals surface area contributed by atoms with Gasteiger partial charge in [0.05, 0.1) is 12.2 Å². The second-order valence-corrected chi connectivity index (χ2v) is 7.18. The Morgan fingerprint density at radius 1 is 1.14 bits per heavy atom. The fourth-order valence-electron chi connectivity index (χ4n) is 2.22. The molecular weight excluding hydrogens is 374 g/mol. The average molecular weight is 403 g/mol. The lowest BCUT2D eigenvalue weighted by Gasteiger charge is -2.22. The molecule has 0 unspecified atom stereocenters. The zero-order valence-electron chi connectivity index (χ0n) is 17.2. The first kappa shape index (κ1) is 23.9. The summed E-state index contributed by atoms with van der Waals surface area (Å²) in [5.74, 6) is -0.763. The normalized spacial score (nSPS) is 11.7. The molecule has 1 atom stereocenters. The molecule has 158 valence electrons. The molecule has 0 bridgehead atoms. The molecule has 7 heteroatoms. The van der Waals surface area contributed by atoms with Gasteiger partial charge in [0, 0.05) is 0 Å². The van der Waals surface area contributed by atoms with Crippen LogP contribution in [0.1, 0.15) is 44.0 Å². The fourth-order valence-corrected chi connectivity index (χ4v) is 2.22. The third-order valence-electron chi connectivity index (χ3n) is 3.49. The van der Waals surface area contributed by atoms with Crippen LogP contribution in [-0.2, 0) is 14.3 Å². The molecule has 0 spiro atoms. The molecule has 0 heterocycles. The molecule has 0 aliphatic heterocycles. The SMILES string of the molecule is C=CCCOc1ccccc1C(=O)COC(=O)[C@H](CC=C)NC(=O)OC(C)(C)C. The van der Waals surface area contributed by atoms with E-state index >= 15 is 0 Å². The molecular formula is C22H29NO6. The first-order valence-electron chi connectivity index (χ1n) is 9.31. The van der Waals surface area contributed by atoms with Crippen molar-refractivity contribution in [1.82, 2.24) is 5.32 Å². The summed E-state index contributed by atoms with van der Waals surface area (Å²) in [6.07, 6.45) is 3.19. The van der Waals surface area contributed by atoms with Gasteiger partial charge in [0.15, 0.2) is 6.61 Å². The number of ketones is 1. The predicted octanol–water partition coefficient (Wildman–Crippen LogP) is 3.84. The summed E-state index contributed by atoms with van der Waals surface area (Å²) < 4.78 is 15.8. The van der Waals surface area contributed by atoms with Gasteiger partial charge in [-0.1, -0.05) is 24.3 Å². The topological polar surface area (TPSA) is 90.9 Å². The molecule has 0 aromatic heterocycles. The lowest BCUT2D eigenvalue weighted by atomic mass is 10.1. The van der Waals surface area contributed by atoms with Crippen molar-refractivity contribution in [3.63, 3.8) is 0 Å². The summed E-state index contributed by atoms with van der Waals surface area (Å²) in [4.78, 5) is 36.7. The molecule has 0 fully saturated rings. The molecule has 0 aliphatic rings. The fraction of sp³-hybridized carbons (Fsp3) is 0.409. The van der Waals surface area contributed by atoms with Gasteiger partial charge in [-0.05, 0) is 45.7 Å². The maximum absolute atomic E-state index is 12.5. The summed E-state index contributed by atoms with van der Waals surface area (Å²) >= 11 is 0. The van der Waals surface area contributed by atoms with Gasteiger partial charge >= 0.3 is 12.1 Å². The van der Waals surface area contributed by atoms with Crippen LogP contribution in [0.4, 0.5) is 4.79 Å². The number of para-hydroxylation sites is 1. The van der Waals surface area contributed by atoms with Crippen LogP contribution >= 0.6 is 0 Å². The van der Waals surface area contributed by atoms with Crippen LogP contribution in [0.5, 0.6) is 5.75 Å². The van der Waals surface area contributed by atoms with Crippen LogP contribution in [0.2, 0.25) is 0 Å². The van der Waals surface area contributed by atoms with Gasteiger partial charge in [0.25, 0.3) is 0 Å². The van der Waals surface area contributed by atoms with Crippen molar-refractivity contribution in [3.8, 4) is 5.75 Å². The Morgan fingerprint density at radius 2 is 1.83 bits per heavy atom. The molecule has 1 amide bonds. The highest BCUT2D eigenvalue weighted by Crippen LogP contribution is 2.19. The molecule has 0 aliphatic carbocycles. The summed E-state index contributed by atoms with van der Waals surface area (Å²) in [5.41, 5.74) is -0.400. The van der Waals surface area contributed by atoms with E-state index < -0.39 is 36.1 Å². The van der Waals surface area contributed by atoms with Crippen molar-refractivity contribution in [3.05, 3.63) is 55.1 Å². The minimum atomic E-state index is -1.01. The van der Waals surface area contributed by atoms with Gasteiger partial charge in [-0.25, -0.2) is 9.59 Å². The second-order valence-electron chi connectivity index (χ2n) is 7.18. The van der Waals surface area contributed by atoms with E-state index in [0.717, 1.165) is 0 Å². The second kappa shape index (κ2) is 11.7. The number of ether oxygens (including phenoxy) is 3. The number of carbonyl (C=O) groups is 3. The number of benzene rings is 1. The molecule has 0 radical (unpaired) electrons. The maximum Gasteiger partial charge on any atom is 0.408 e. The molecule has 7 nitrogen and oxygen atoms in total. The first-order chi connectivity index (χ1) is 13.7. The van der Waals surface area contributed by atoms with E-state index in [0.29, 0.717) is 24.3 Å². The Balaban J connectivity index is 2.70. The number of esters is 1. The molecule has 1 aromatic carbocycles. The van der Waals surface area contributed by atoms with Crippen molar-refractivity contribution < 1.29 is 28.6 Å². The number of hydrogen-bond donors (Lipinski definition) is 1. The Labute approximate surface area is 171 Å². The van der Waals surface area contributed by atoms with E-state index in [1.54, 1.807) is 51.1 Å². The van der Waals surface area contributed by atoms with Gasteiger partial charge < -0.3 is 19.5 Å². The number of rotatable bonds is 11. The number of carbonyl (C=O) groups excluding carboxylic acids is 3. The molecule has 0 saturated heterocycles. The minimum absolute atomic E-state index is 0.132. The molecule has 1 rings (SSSR count). The maximum atomic E-state index is 12.5. The van der Waals surface area contributed by atoms with E-state index in [2.05, 4.69) is 18.5 Å². The monoisotopic (exact) mass is 403 g/mol. The van der Waals surface area contributed by atoms with E-state index in [1.807, 2.05) is 0 Å². The van der Waals surface area contributed by atoms with Crippen LogP contribution in [0.3, 0.4) is 0 Å². The highest BCUT2D eigenvalue weighted by molar-refractivity contribution is 6.00. The third-order valence-corrected chi connectivity index (χ3v) is 3.49. The number of nitrogens with one attached hydrogen (secondary N) is 1. The summed E-state index contributed by atoms with van der Waals surface area (Å²) in [5, 5.41) is 2.43. The third kappa shape index (κ3) is 9.10. The first-order valence-corrected chi connectivity index (χ1v) is 9.31. The molecule has 29 heavy (non-hydrogen) atoms. The molecule has 1 aromatic rings. The number of Topliss-reactive ketones (excluding diaryl/α,β-unsaturated/α-hetero) is 1. The van der Waals surface area contributed by atoms with Crippen LogP contribution < -0.4 is 10.1 Å². The smallest absolute Gasteiger partial charge is 0.408 e. The van der Waals surface area contributed by atoms with E-state index in [1.165, 1.54) is 6.08 Å². The number of alkyl carbamates (subject to hydrolysis) is 1. The van der Waals surface area contributed by atoms with Crippen LogP contribution in [0.15, 0.2) is 49.6 Å². The standard InChI is InChI=1S/C22H29NO6/c1-6-8-14-27-19-13-10-9-12-16(19)18(24)15-28-20(25)17(11-7-2)23-21(26)29-22(3,4)5/h6-7,9-10,12-13,17H,1-2,8,11,14-15H2,3-5H3,(H,23,26)/t17-/m0/s1. The number of hydrogen-bond acceptors (Lipinski definition) is 6. The van der Waals surface area contributed by atoms with Crippen molar-refractivity contribution in [2.75, 3.05) is 13.2 Å². The molecule has 0 saturated carbocycles. The largest absolute Gasteiger partial charge is 0.493 e. The predicted molar refractivity (Wildman–Crippen MR) is 110 cm³/mol. The highest BCUT2D eigenvalue weighted by atomic mass is 16.6. The number of amides is 1. The van der Waals surface area contributed by atoms with Gasteiger partial charge in [0.2, 0.25) is 5.78 Å². The summed E-state index contributed by atoms with van der Waals surface area (Å²) in [7, 11) is 0. The van der Waals surface area contributed by atoms with Crippen molar-refractivity contribution >= 4 is 17.8 Å². The Morgan fingerprint density at radius 3 is 2.45 bits per heavy atom. The van der Waals surface area contributed by atoms with Crippen molar-refractivity contribution in [1.29, 1.82) is 0 Å². The Kier molecular flexibility index (Phi) is 9.65. The zero-order chi connectivity index (χ0) is 21.9. The van der Waals surface area contributed by atoms with E-state index in [4.69, 9.17) is 14.2 Å². The van der Waals surface area contributed by atoms with Crippen molar-refractivity contribution in [2.45, 2.75) is 45.3 Å². The van der Waals surface area contributed by atoms with Gasteiger partial charge in [-0.3, -0.25) is 4.79 Å². The summed E-state index contributed by atoms with van der Waals surface area (Å²) in [6.45, 7) is 12.2. The van der Waals surface area contributed by atoms with Gasteiger partial charge in [0.1, 0.15) is 17.4 Å². The van der Waals surface area contributed by atoms with Crippen molar-refractivity contribution in [2.24, 2.45) is 0 Å². The highest BCUT2D eigenvalue weighted by Gasteiger charge is 2.25. The summed E-state index contributed by atoms with van der Waals surface area (Å²) in [6, 6.07) is 5.70.